The van der Waals surface area contributed by atoms with E-state index in [0.717, 1.165) is 27.8 Å². The predicted molar refractivity (Wildman–Crippen MR) is 85.7 cm³/mol. The molecule has 1 N–H and O–H groups in total. The Morgan fingerprint density at radius 2 is 1.90 bits per heavy atom. The lowest BCUT2D eigenvalue weighted by molar-refractivity contribution is -0.136. The first kappa shape index (κ1) is 13.4. The summed E-state index contributed by atoms with van der Waals surface area (Å²) in [6.45, 7) is 2.05. The van der Waals surface area contributed by atoms with Crippen molar-refractivity contribution in [2.45, 2.75) is 13.3 Å². The molecule has 0 heterocycles. The van der Waals surface area contributed by atoms with Gasteiger partial charge in [-0.05, 0) is 46.9 Å². The van der Waals surface area contributed by atoms with Gasteiger partial charge < -0.3 is 5.11 Å². The highest BCUT2D eigenvalue weighted by molar-refractivity contribution is 6.03. The number of allylic oxidation sites excluding steroid dienone is 1. The summed E-state index contributed by atoms with van der Waals surface area (Å²) in [7, 11) is 0. The van der Waals surface area contributed by atoms with Crippen molar-refractivity contribution in [3.05, 3.63) is 76.4 Å². The van der Waals surface area contributed by atoms with Crippen LogP contribution in [0.3, 0.4) is 0 Å². The van der Waals surface area contributed by atoms with Crippen LogP contribution >= 0.6 is 0 Å². The lowest BCUT2D eigenvalue weighted by Gasteiger charge is -2.07. The summed E-state index contributed by atoms with van der Waals surface area (Å²) in [4.78, 5) is 11.1. The van der Waals surface area contributed by atoms with Crippen LogP contribution in [0.25, 0.3) is 17.7 Å². The first-order valence-electron chi connectivity index (χ1n) is 6.94. The van der Waals surface area contributed by atoms with Gasteiger partial charge in [0.05, 0.1) is 6.42 Å². The van der Waals surface area contributed by atoms with Gasteiger partial charge in [0.1, 0.15) is 0 Å². The Labute approximate surface area is 124 Å². The molecule has 2 aromatic carbocycles. The number of fused-ring (bicyclic) bond motifs is 1. The number of rotatable bonds is 3. The molecule has 0 spiro atoms. The molecule has 2 heteroatoms. The fraction of sp³-hybridized carbons (Fsp3) is 0.105. The van der Waals surface area contributed by atoms with Crippen LogP contribution < -0.4 is 0 Å². The van der Waals surface area contributed by atoms with Crippen molar-refractivity contribution in [2.24, 2.45) is 0 Å². The number of aliphatic carboxylic acids is 1. The van der Waals surface area contributed by atoms with Crippen LogP contribution in [0, 0.1) is 6.92 Å². The average molecular weight is 276 g/mol. The van der Waals surface area contributed by atoms with E-state index in [1.54, 1.807) is 0 Å². The van der Waals surface area contributed by atoms with Gasteiger partial charge >= 0.3 is 5.97 Å². The Balaban J connectivity index is 2.10. The number of carboxylic acids is 1. The summed E-state index contributed by atoms with van der Waals surface area (Å²) in [5.74, 6) is -0.801. The lowest BCUT2D eigenvalue weighted by atomic mass is 9.97. The third kappa shape index (κ3) is 2.79. The molecule has 0 atom stereocenters. The van der Waals surface area contributed by atoms with Crippen LogP contribution in [0.1, 0.15) is 28.7 Å². The molecule has 3 rings (SSSR count). The first-order valence-corrected chi connectivity index (χ1v) is 6.94. The van der Waals surface area contributed by atoms with E-state index in [0.29, 0.717) is 0 Å². The van der Waals surface area contributed by atoms with Crippen molar-refractivity contribution >= 4 is 23.7 Å². The Morgan fingerprint density at radius 1 is 1.14 bits per heavy atom. The number of aryl methyl sites for hydroxylation is 1. The average Bonchev–Trinajstić information content (AvgIpc) is 2.76. The molecule has 2 aromatic rings. The van der Waals surface area contributed by atoms with Crippen LogP contribution in [0.5, 0.6) is 0 Å². The van der Waals surface area contributed by atoms with Gasteiger partial charge in [-0.2, -0.15) is 0 Å². The van der Waals surface area contributed by atoms with Crippen LogP contribution in [0.2, 0.25) is 0 Å². The van der Waals surface area contributed by atoms with Gasteiger partial charge in [0, 0.05) is 0 Å². The van der Waals surface area contributed by atoms with Gasteiger partial charge in [0.15, 0.2) is 0 Å². The van der Waals surface area contributed by atoms with Crippen molar-refractivity contribution in [2.75, 3.05) is 0 Å². The topological polar surface area (TPSA) is 37.3 Å². The Morgan fingerprint density at radius 3 is 2.62 bits per heavy atom. The zero-order valence-electron chi connectivity index (χ0n) is 11.8. The third-order valence-corrected chi connectivity index (χ3v) is 3.63. The standard InChI is InChI=1S/C19H16O2/c1-13-7-8-17-15(9-13)11-16(12-19(20)21)18(17)10-14-5-3-2-4-6-14/h2-11H,12H2,1H3,(H,20,21)/b18-10-. The molecule has 21 heavy (non-hydrogen) atoms. The van der Waals surface area contributed by atoms with E-state index in [-0.39, 0.29) is 6.42 Å². The Kier molecular flexibility index (Phi) is 3.44. The maximum Gasteiger partial charge on any atom is 0.307 e. The number of carbonyl (C=O) groups is 1. The largest absolute Gasteiger partial charge is 0.481 e. The smallest absolute Gasteiger partial charge is 0.307 e. The summed E-state index contributed by atoms with van der Waals surface area (Å²) < 4.78 is 0. The summed E-state index contributed by atoms with van der Waals surface area (Å²) in [6.07, 6.45) is 4.10. The van der Waals surface area contributed by atoms with Crippen LogP contribution in [-0.4, -0.2) is 11.1 Å². The molecule has 0 bridgehead atoms. The molecule has 1 aliphatic carbocycles. The van der Waals surface area contributed by atoms with Gasteiger partial charge in [-0.3, -0.25) is 4.79 Å². The monoisotopic (exact) mass is 276 g/mol. The van der Waals surface area contributed by atoms with E-state index >= 15 is 0 Å². The molecule has 2 nitrogen and oxygen atoms in total. The Bertz CT molecular complexity index is 752. The van der Waals surface area contributed by atoms with Crippen molar-refractivity contribution in [1.29, 1.82) is 0 Å². The quantitative estimate of drug-likeness (QED) is 0.901. The zero-order valence-corrected chi connectivity index (χ0v) is 11.8. The highest BCUT2D eigenvalue weighted by Crippen LogP contribution is 2.38. The van der Waals surface area contributed by atoms with E-state index in [9.17, 15) is 4.79 Å². The molecule has 0 saturated heterocycles. The van der Waals surface area contributed by atoms with E-state index < -0.39 is 5.97 Å². The fourth-order valence-electron chi connectivity index (χ4n) is 2.68. The molecule has 0 radical (unpaired) electrons. The number of hydrogen-bond donors (Lipinski definition) is 1. The fourth-order valence-corrected chi connectivity index (χ4v) is 2.68. The molecular weight excluding hydrogens is 260 g/mol. The molecule has 0 saturated carbocycles. The summed E-state index contributed by atoms with van der Waals surface area (Å²) in [5, 5.41) is 9.12. The molecule has 0 aromatic heterocycles. The van der Waals surface area contributed by atoms with Gasteiger partial charge in [0.2, 0.25) is 0 Å². The van der Waals surface area contributed by atoms with Gasteiger partial charge in [-0.25, -0.2) is 0 Å². The summed E-state index contributed by atoms with van der Waals surface area (Å²) in [5.41, 5.74) is 6.36. The number of benzene rings is 2. The van der Waals surface area contributed by atoms with E-state index in [1.807, 2.05) is 43.3 Å². The Hall–Kier alpha value is -2.61. The van der Waals surface area contributed by atoms with Crippen molar-refractivity contribution in [1.82, 2.24) is 0 Å². The SMILES string of the molecule is Cc1ccc2c(c1)C=C(CC(=O)O)/C2=C/c1ccccc1. The van der Waals surface area contributed by atoms with Gasteiger partial charge in [-0.1, -0.05) is 54.1 Å². The molecule has 1 aliphatic rings. The molecular formula is C19H16O2. The molecule has 104 valence electrons. The maximum atomic E-state index is 11.1. The van der Waals surface area contributed by atoms with Crippen LogP contribution in [-0.2, 0) is 4.79 Å². The minimum atomic E-state index is -0.801. The summed E-state index contributed by atoms with van der Waals surface area (Å²) >= 11 is 0. The third-order valence-electron chi connectivity index (χ3n) is 3.63. The second-order valence-corrected chi connectivity index (χ2v) is 5.30. The zero-order chi connectivity index (χ0) is 14.8. The summed E-state index contributed by atoms with van der Waals surface area (Å²) in [6, 6.07) is 16.2. The number of hydrogen-bond acceptors (Lipinski definition) is 1. The molecule has 0 unspecified atom stereocenters. The van der Waals surface area contributed by atoms with Crippen molar-refractivity contribution in [3.8, 4) is 0 Å². The molecule has 0 fully saturated rings. The molecule has 0 aliphatic heterocycles. The predicted octanol–water partition coefficient (Wildman–Crippen LogP) is 4.41. The van der Waals surface area contributed by atoms with E-state index in [2.05, 4.69) is 24.3 Å². The maximum absolute atomic E-state index is 11.1. The first-order chi connectivity index (χ1) is 10.1. The number of carboxylic acid groups (broad SMARTS) is 1. The van der Waals surface area contributed by atoms with Crippen molar-refractivity contribution in [3.63, 3.8) is 0 Å². The van der Waals surface area contributed by atoms with Gasteiger partial charge in [-0.15, -0.1) is 0 Å². The van der Waals surface area contributed by atoms with E-state index in [4.69, 9.17) is 5.11 Å². The highest BCUT2D eigenvalue weighted by atomic mass is 16.4. The van der Waals surface area contributed by atoms with Crippen molar-refractivity contribution < 1.29 is 9.90 Å². The second kappa shape index (κ2) is 5.41. The second-order valence-electron chi connectivity index (χ2n) is 5.30. The molecule has 0 amide bonds. The van der Waals surface area contributed by atoms with Crippen LogP contribution in [0.4, 0.5) is 0 Å². The van der Waals surface area contributed by atoms with Gasteiger partial charge in [0.25, 0.3) is 0 Å². The lowest BCUT2D eigenvalue weighted by Crippen LogP contribution is -1.97. The minimum absolute atomic E-state index is 0.0480. The van der Waals surface area contributed by atoms with Crippen LogP contribution in [0.15, 0.2) is 54.1 Å². The van der Waals surface area contributed by atoms with E-state index in [1.165, 1.54) is 5.56 Å². The highest BCUT2D eigenvalue weighted by Gasteiger charge is 2.20. The normalized spacial score (nSPS) is 14.9. The minimum Gasteiger partial charge on any atom is -0.481 e.